The molecule has 0 aromatic carbocycles. The summed E-state index contributed by atoms with van der Waals surface area (Å²) < 4.78 is 23.5. The van der Waals surface area contributed by atoms with E-state index >= 15 is 0 Å². The molecule has 0 saturated heterocycles. The van der Waals surface area contributed by atoms with Gasteiger partial charge in [-0.3, -0.25) is 19.2 Å². The Bertz CT molecular complexity index is 709. The van der Waals surface area contributed by atoms with Gasteiger partial charge in [-0.1, -0.05) is 144 Å². The lowest BCUT2D eigenvalue weighted by molar-refractivity contribution is -0.369. The third-order valence-electron chi connectivity index (χ3n) is 7.92. The highest BCUT2D eigenvalue weighted by molar-refractivity contribution is 5.74. The molecule has 0 aromatic heterocycles. The fourth-order valence-electron chi connectivity index (χ4n) is 5.17. The van der Waals surface area contributed by atoms with Crippen molar-refractivity contribution in [3.05, 3.63) is 0 Å². The van der Waals surface area contributed by atoms with Crippen LogP contribution in [-0.2, 0) is 38.1 Å². The normalized spacial score (nSPS) is 12.2. The first-order valence-corrected chi connectivity index (χ1v) is 18.5. The summed E-state index contributed by atoms with van der Waals surface area (Å²) >= 11 is 0. The first-order chi connectivity index (χ1) is 21.6. The van der Waals surface area contributed by atoms with E-state index in [1.165, 1.54) is 0 Å². The van der Waals surface area contributed by atoms with Crippen LogP contribution in [0.4, 0.5) is 0 Å². The summed E-state index contributed by atoms with van der Waals surface area (Å²) in [5.74, 6) is -5.43. The molecular weight excluding hydrogens is 572 g/mol. The number of carbonyl (C=O) groups is 4. The molecule has 0 aliphatic heterocycles. The largest absolute Gasteiger partial charge is 0.463 e. The molecule has 1 atom stereocenters. The minimum absolute atomic E-state index is 0.0742. The Morgan fingerprint density at radius 3 is 0.956 bits per heavy atom. The predicted molar refractivity (Wildman–Crippen MR) is 179 cm³/mol. The third kappa shape index (κ3) is 22.1. The summed E-state index contributed by atoms with van der Waals surface area (Å²) in [5, 5.41) is 0. The lowest BCUT2D eigenvalue weighted by Gasteiger charge is -2.38. The standard InChI is InChI=1S/C37H68O8/c1-7-11-15-19-23-27-32(38)42-36(31(5)6)37(43-33(39)28-24-20-16-12-8-2,44-34(40)29-25-21-17-13-9-3)45-35(41)30-26-22-18-14-10-4/h31,36H,7-30H2,1-6H3. The lowest BCUT2D eigenvalue weighted by Crippen LogP contribution is -2.57. The van der Waals surface area contributed by atoms with Crippen molar-refractivity contribution in [3.63, 3.8) is 0 Å². The minimum atomic E-state index is -2.48. The molecule has 0 fully saturated rings. The number of esters is 4. The molecule has 0 saturated carbocycles. The Morgan fingerprint density at radius 1 is 0.422 bits per heavy atom. The molecule has 0 radical (unpaired) electrons. The zero-order valence-corrected chi connectivity index (χ0v) is 29.9. The molecule has 8 nitrogen and oxygen atoms in total. The topological polar surface area (TPSA) is 105 Å². The van der Waals surface area contributed by atoms with Crippen molar-refractivity contribution in [2.75, 3.05) is 0 Å². The van der Waals surface area contributed by atoms with Crippen molar-refractivity contribution in [1.29, 1.82) is 0 Å². The van der Waals surface area contributed by atoms with E-state index in [1.54, 1.807) is 13.8 Å². The van der Waals surface area contributed by atoms with Crippen LogP contribution < -0.4 is 0 Å². The Labute approximate surface area is 275 Å². The molecule has 0 N–H and O–H groups in total. The molecule has 0 heterocycles. The summed E-state index contributed by atoms with van der Waals surface area (Å²) in [6, 6.07) is 0. The summed E-state index contributed by atoms with van der Waals surface area (Å²) in [4.78, 5) is 52.8. The van der Waals surface area contributed by atoms with Gasteiger partial charge >= 0.3 is 29.9 Å². The highest BCUT2D eigenvalue weighted by Crippen LogP contribution is 2.32. The smallest absolute Gasteiger partial charge is 0.449 e. The van der Waals surface area contributed by atoms with Crippen molar-refractivity contribution >= 4 is 23.9 Å². The van der Waals surface area contributed by atoms with Gasteiger partial charge in [-0.2, -0.15) is 0 Å². The molecule has 0 rings (SSSR count). The highest BCUT2D eigenvalue weighted by Gasteiger charge is 2.55. The zero-order valence-electron chi connectivity index (χ0n) is 29.9. The number of ether oxygens (including phenoxy) is 4. The fraction of sp³-hybridized carbons (Fsp3) is 0.892. The van der Waals surface area contributed by atoms with Gasteiger partial charge in [0.05, 0.1) is 0 Å². The van der Waals surface area contributed by atoms with Crippen molar-refractivity contribution in [3.8, 4) is 0 Å². The van der Waals surface area contributed by atoms with Crippen molar-refractivity contribution < 1.29 is 38.1 Å². The Hall–Kier alpha value is -2.12. The summed E-state index contributed by atoms with van der Waals surface area (Å²) in [6.45, 7) is 12.0. The quantitative estimate of drug-likeness (QED) is 0.0434. The van der Waals surface area contributed by atoms with Gasteiger partial charge in [0.25, 0.3) is 0 Å². The van der Waals surface area contributed by atoms with E-state index in [9.17, 15) is 19.2 Å². The van der Waals surface area contributed by atoms with E-state index in [2.05, 4.69) is 27.7 Å². The molecule has 0 aliphatic carbocycles. The van der Waals surface area contributed by atoms with E-state index < -0.39 is 41.9 Å². The SMILES string of the molecule is CCCCCCCC(=O)OC(C(C)C)C(OC(=O)CCCCCCC)(OC(=O)CCCCCCC)OC(=O)CCCCCCC. The van der Waals surface area contributed by atoms with Crippen LogP contribution in [0.3, 0.4) is 0 Å². The van der Waals surface area contributed by atoms with Gasteiger partial charge < -0.3 is 18.9 Å². The second-order valence-electron chi connectivity index (χ2n) is 12.8. The molecule has 264 valence electrons. The summed E-state index contributed by atoms with van der Waals surface area (Å²) in [5.41, 5.74) is 0. The fourth-order valence-corrected chi connectivity index (χ4v) is 5.17. The molecule has 1 unspecified atom stereocenters. The Kier molecular flexibility index (Phi) is 26.8. The van der Waals surface area contributed by atoms with E-state index in [0.717, 1.165) is 103 Å². The Morgan fingerprint density at radius 2 is 0.689 bits per heavy atom. The predicted octanol–water partition coefficient (Wildman–Crippen LogP) is 10.3. The highest BCUT2D eigenvalue weighted by atomic mass is 16.9. The molecule has 0 amide bonds. The molecular formula is C37H68O8. The van der Waals surface area contributed by atoms with E-state index in [-0.39, 0.29) is 25.7 Å². The number of unbranched alkanes of at least 4 members (excludes halogenated alkanes) is 16. The number of hydrogen-bond donors (Lipinski definition) is 0. The minimum Gasteiger partial charge on any atom is -0.449 e. The number of rotatable bonds is 30. The first-order valence-electron chi connectivity index (χ1n) is 18.5. The van der Waals surface area contributed by atoms with Crippen LogP contribution >= 0.6 is 0 Å². The lowest BCUT2D eigenvalue weighted by atomic mass is 10.0. The zero-order chi connectivity index (χ0) is 33.8. The van der Waals surface area contributed by atoms with Crippen LogP contribution in [0.2, 0.25) is 0 Å². The van der Waals surface area contributed by atoms with E-state index in [1.807, 2.05) is 0 Å². The number of hydrogen-bond acceptors (Lipinski definition) is 8. The second kappa shape index (κ2) is 28.1. The van der Waals surface area contributed by atoms with Crippen molar-refractivity contribution in [2.45, 2.75) is 208 Å². The van der Waals surface area contributed by atoms with E-state index in [4.69, 9.17) is 18.9 Å². The number of carbonyl (C=O) groups excluding carboxylic acids is 4. The average Bonchev–Trinajstić information content (AvgIpc) is 2.99. The van der Waals surface area contributed by atoms with Gasteiger partial charge in [0.2, 0.25) is 6.10 Å². The summed E-state index contributed by atoms with van der Waals surface area (Å²) in [6.07, 6.45) is 17.7. The maximum Gasteiger partial charge on any atom is 0.463 e. The van der Waals surface area contributed by atoms with Gasteiger partial charge in [-0.25, -0.2) is 0 Å². The van der Waals surface area contributed by atoms with Gasteiger partial charge in [0.1, 0.15) is 0 Å². The molecule has 0 aromatic rings. The van der Waals surface area contributed by atoms with Crippen LogP contribution in [0.25, 0.3) is 0 Å². The van der Waals surface area contributed by atoms with Crippen LogP contribution in [0.5, 0.6) is 0 Å². The maximum atomic E-state index is 13.3. The first kappa shape index (κ1) is 42.9. The summed E-state index contributed by atoms with van der Waals surface area (Å²) in [7, 11) is 0. The van der Waals surface area contributed by atoms with Gasteiger partial charge in [-0.15, -0.1) is 0 Å². The van der Waals surface area contributed by atoms with Gasteiger partial charge in [-0.05, 0) is 25.7 Å². The van der Waals surface area contributed by atoms with Crippen LogP contribution in [-0.4, -0.2) is 36.0 Å². The monoisotopic (exact) mass is 640 g/mol. The van der Waals surface area contributed by atoms with Crippen LogP contribution in [0.15, 0.2) is 0 Å². The molecule has 0 aliphatic rings. The Balaban J connectivity index is 6.12. The van der Waals surface area contributed by atoms with Crippen molar-refractivity contribution in [2.24, 2.45) is 5.92 Å². The van der Waals surface area contributed by atoms with Gasteiger partial charge in [0, 0.05) is 31.6 Å². The van der Waals surface area contributed by atoms with Crippen molar-refractivity contribution in [1.82, 2.24) is 0 Å². The maximum absolute atomic E-state index is 13.3. The molecule has 45 heavy (non-hydrogen) atoms. The van der Waals surface area contributed by atoms with E-state index in [0.29, 0.717) is 25.7 Å². The molecule has 0 spiro atoms. The van der Waals surface area contributed by atoms with Gasteiger partial charge in [0.15, 0.2) is 0 Å². The molecule has 8 heteroatoms. The second-order valence-corrected chi connectivity index (χ2v) is 12.8. The molecule has 0 bridgehead atoms. The van der Waals surface area contributed by atoms with Crippen LogP contribution in [0.1, 0.15) is 196 Å². The average molecular weight is 641 g/mol. The third-order valence-corrected chi connectivity index (χ3v) is 7.92. The van der Waals surface area contributed by atoms with Crippen LogP contribution in [0, 0.1) is 5.92 Å².